The van der Waals surface area contributed by atoms with Gasteiger partial charge in [-0.1, -0.05) is 0 Å². The number of ether oxygens (including phenoxy) is 1. The van der Waals surface area contributed by atoms with Gasteiger partial charge in [-0.3, -0.25) is 0 Å². The van der Waals surface area contributed by atoms with E-state index >= 15 is 0 Å². The van der Waals surface area contributed by atoms with Crippen molar-refractivity contribution in [2.45, 2.75) is 25.3 Å². The van der Waals surface area contributed by atoms with Gasteiger partial charge in [-0.15, -0.1) is 0 Å². The number of fused-ring (bicyclic) bond motifs is 3. The molecule has 1 unspecified atom stereocenters. The number of nitrogens with zero attached hydrogens (tertiary/aromatic N) is 2. The Hall–Kier alpha value is -1.45. The fourth-order valence-corrected chi connectivity index (χ4v) is 2.69. The highest BCUT2D eigenvalue weighted by atomic mass is 16.5. The maximum atomic E-state index is 5.20. The lowest BCUT2D eigenvalue weighted by atomic mass is 10.1. The van der Waals surface area contributed by atoms with E-state index in [-0.39, 0.29) is 0 Å². The van der Waals surface area contributed by atoms with Gasteiger partial charge in [0, 0.05) is 25.2 Å². The second-order valence-electron chi connectivity index (χ2n) is 4.43. The average Bonchev–Trinajstić information content (AvgIpc) is 2.71. The molecule has 1 atom stereocenters. The summed E-state index contributed by atoms with van der Waals surface area (Å²) in [5.74, 6) is 1.77. The molecule has 0 spiro atoms. The van der Waals surface area contributed by atoms with Gasteiger partial charge >= 0.3 is 0 Å². The van der Waals surface area contributed by atoms with Crippen LogP contribution in [0.5, 0.6) is 5.88 Å². The van der Waals surface area contributed by atoms with Crippen molar-refractivity contribution < 1.29 is 4.74 Å². The van der Waals surface area contributed by atoms with Crippen LogP contribution in [-0.4, -0.2) is 31.2 Å². The zero-order chi connectivity index (χ0) is 11.0. The van der Waals surface area contributed by atoms with Gasteiger partial charge in [-0.2, -0.15) is 4.98 Å². The SMILES string of the molecule is COc1ccc2c(n1)N1CCCC1CCN2. The Labute approximate surface area is 95.6 Å². The van der Waals surface area contributed by atoms with Crippen LogP contribution >= 0.6 is 0 Å². The molecule has 3 heterocycles. The van der Waals surface area contributed by atoms with E-state index in [2.05, 4.69) is 21.3 Å². The van der Waals surface area contributed by atoms with Crippen molar-refractivity contribution in [3.8, 4) is 5.88 Å². The van der Waals surface area contributed by atoms with Crippen molar-refractivity contribution in [2.24, 2.45) is 0 Å². The summed E-state index contributed by atoms with van der Waals surface area (Å²) >= 11 is 0. The van der Waals surface area contributed by atoms with Gasteiger partial charge in [0.1, 0.15) is 0 Å². The van der Waals surface area contributed by atoms with Gasteiger partial charge in [0.25, 0.3) is 0 Å². The van der Waals surface area contributed by atoms with E-state index in [1.54, 1.807) is 7.11 Å². The lowest BCUT2D eigenvalue weighted by Gasteiger charge is -2.24. The van der Waals surface area contributed by atoms with Crippen molar-refractivity contribution in [2.75, 3.05) is 30.4 Å². The molecule has 3 rings (SSSR count). The van der Waals surface area contributed by atoms with E-state index in [4.69, 9.17) is 4.74 Å². The van der Waals surface area contributed by atoms with E-state index in [1.165, 1.54) is 19.3 Å². The number of anilines is 2. The summed E-state index contributed by atoms with van der Waals surface area (Å²) in [5, 5.41) is 3.45. The molecule has 86 valence electrons. The first-order valence-electron chi connectivity index (χ1n) is 5.94. The van der Waals surface area contributed by atoms with E-state index in [9.17, 15) is 0 Å². The second-order valence-corrected chi connectivity index (χ2v) is 4.43. The fraction of sp³-hybridized carbons (Fsp3) is 0.583. The summed E-state index contributed by atoms with van der Waals surface area (Å²) in [4.78, 5) is 7.00. The van der Waals surface area contributed by atoms with Crippen LogP contribution < -0.4 is 15.0 Å². The molecule has 4 nitrogen and oxygen atoms in total. The third-order valence-electron chi connectivity index (χ3n) is 3.50. The van der Waals surface area contributed by atoms with Crippen molar-refractivity contribution >= 4 is 11.5 Å². The van der Waals surface area contributed by atoms with Crippen molar-refractivity contribution in [3.63, 3.8) is 0 Å². The first kappa shape index (κ1) is 9.75. The Balaban J connectivity index is 2.03. The molecule has 0 bridgehead atoms. The Kier molecular flexibility index (Phi) is 2.35. The maximum Gasteiger partial charge on any atom is 0.215 e. The van der Waals surface area contributed by atoms with Crippen molar-refractivity contribution in [3.05, 3.63) is 12.1 Å². The lowest BCUT2D eigenvalue weighted by molar-refractivity contribution is 0.398. The maximum absolute atomic E-state index is 5.20. The van der Waals surface area contributed by atoms with E-state index in [0.717, 1.165) is 24.6 Å². The quantitative estimate of drug-likeness (QED) is 0.782. The lowest BCUT2D eigenvalue weighted by Crippen LogP contribution is -2.29. The Morgan fingerprint density at radius 2 is 2.38 bits per heavy atom. The minimum atomic E-state index is 0.661. The van der Waals surface area contributed by atoms with Gasteiger partial charge < -0.3 is 15.0 Å². The number of aromatic nitrogens is 1. The molecule has 2 aliphatic rings. The minimum Gasteiger partial charge on any atom is -0.481 e. The van der Waals surface area contributed by atoms with Crippen LogP contribution in [0.1, 0.15) is 19.3 Å². The van der Waals surface area contributed by atoms with Gasteiger partial charge in [-0.05, 0) is 25.3 Å². The minimum absolute atomic E-state index is 0.661. The molecule has 0 amide bonds. The standard InChI is InChI=1S/C12H17N3O/c1-16-11-5-4-10-12(14-11)15-8-2-3-9(15)6-7-13-10/h4-5,9,13H,2-3,6-8H2,1H3. The summed E-state index contributed by atoms with van der Waals surface area (Å²) in [7, 11) is 1.67. The number of pyridine rings is 1. The van der Waals surface area contributed by atoms with Crippen molar-refractivity contribution in [1.82, 2.24) is 4.98 Å². The zero-order valence-electron chi connectivity index (χ0n) is 9.57. The summed E-state index contributed by atoms with van der Waals surface area (Å²) in [5.41, 5.74) is 1.14. The number of rotatable bonds is 1. The van der Waals surface area contributed by atoms with Crippen molar-refractivity contribution in [1.29, 1.82) is 0 Å². The number of nitrogens with one attached hydrogen (secondary N) is 1. The first-order valence-corrected chi connectivity index (χ1v) is 5.94. The van der Waals surface area contributed by atoms with Crippen LogP contribution in [0.15, 0.2) is 12.1 Å². The Morgan fingerprint density at radius 1 is 1.44 bits per heavy atom. The molecule has 0 saturated carbocycles. The molecule has 0 aromatic carbocycles. The van der Waals surface area contributed by atoms with Gasteiger partial charge in [0.05, 0.1) is 12.8 Å². The first-order chi connectivity index (χ1) is 7.88. The smallest absolute Gasteiger partial charge is 0.215 e. The van der Waals surface area contributed by atoms with Crippen LogP contribution in [0.3, 0.4) is 0 Å². The molecule has 1 fully saturated rings. The van der Waals surface area contributed by atoms with Crippen LogP contribution in [-0.2, 0) is 0 Å². The molecule has 1 N–H and O–H groups in total. The molecular formula is C12H17N3O. The third-order valence-corrected chi connectivity index (χ3v) is 3.50. The van der Waals surface area contributed by atoms with Crippen LogP contribution in [0.4, 0.5) is 11.5 Å². The largest absolute Gasteiger partial charge is 0.481 e. The van der Waals surface area contributed by atoms with E-state index in [1.807, 2.05) is 6.07 Å². The molecule has 1 aromatic rings. The van der Waals surface area contributed by atoms with Gasteiger partial charge in [-0.25, -0.2) is 0 Å². The molecule has 16 heavy (non-hydrogen) atoms. The molecule has 1 aromatic heterocycles. The topological polar surface area (TPSA) is 37.4 Å². The highest BCUT2D eigenvalue weighted by molar-refractivity contribution is 5.68. The van der Waals surface area contributed by atoms with Gasteiger partial charge in [0.2, 0.25) is 5.88 Å². The molecule has 0 radical (unpaired) electrons. The predicted octanol–water partition coefficient (Wildman–Crippen LogP) is 1.87. The third kappa shape index (κ3) is 1.49. The average molecular weight is 219 g/mol. The molecule has 0 aliphatic carbocycles. The molecular weight excluding hydrogens is 202 g/mol. The fourth-order valence-electron chi connectivity index (χ4n) is 2.69. The van der Waals surface area contributed by atoms with E-state index in [0.29, 0.717) is 11.9 Å². The monoisotopic (exact) mass is 219 g/mol. The normalized spacial score (nSPS) is 23.1. The summed E-state index contributed by atoms with van der Waals surface area (Å²) in [6.45, 7) is 2.17. The molecule has 2 aliphatic heterocycles. The molecule has 4 heteroatoms. The highest BCUT2D eigenvalue weighted by Gasteiger charge is 2.29. The van der Waals surface area contributed by atoms with E-state index < -0.39 is 0 Å². The zero-order valence-corrected chi connectivity index (χ0v) is 9.57. The summed E-state index contributed by atoms with van der Waals surface area (Å²) < 4.78 is 5.20. The number of hydrogen-bond acceptors (Lipinski definition) is 4. The van der Waals surface area contributed by atoms with Gasteiger partial charge in [0.15, 0.2) is 5.82 Å². The molecule has 1 saturated heterocycles. The van der Waals surface area contributed by atoms with Crippen LogP contribution in [0.2, 0.25) is 0 Å². The predicted molar refractivity (Wildman–Crippen MR) is 64.3 cm³/mol. The second kappa shape index (κ2) is 3.85. The van der Waals surface area contributed by atoms with Crippen LogP contribution in [0, 0.1) is 0 Å². The Morgan fingerprint density at radius 3 is 3.25 bits per heavy atom. The number of hydrogen-bond donors (Lipinski definition) is 1. The Bertz CT molecular complexity index is 394. The summed E-state index contributed by atoms with van der Waals surface area (Å²) in [6.07, 6.45) is 3.78. The summed E-state index contributed by atoms with van der Waals surface area (Å²) in [6, 6.07) is 4.65. The highest BCUT2D eigenvalue weighted by Crippen LogP contribution is 2.35. The number of methoxy groups -OCH3 is 1. The van der Waals surface area contributed by atoms with Crippen LogP contribution in [0.25, 0.3) is 0 Å².